The van der Waals surface area contributed by atoms with Gasteiger partial charge in [-0.05, 0) is 18.9 Å². The highest BCUT2D eigenvalue weighted by molar-refractivity contribution is 7.89. The zero-order valence-corrected chi connectivity index (χ0v) is 14.6. The van der Waals surface area contributed by atoms with Gasteiger partial charge in [0.25, 0.3) is 0 Å². The first kappa shape index (κ1) is 19.4. The van der Waals surface area contributed by atoms with Gasteiger partial charge in [0.05, 0.1) is 5.75 Å². The second kappa shape index (κ2) is 7.52. The monoisotopic (exact) mass is 377 g/mol. The van der Waals surface area contributed by atoms with Gasteiger partial charge >= 0.3 is 12.1 Å². The Morgan fingerprint density at radius 1 is 1.16 bits per heavy atom. The van der Waals surface area contributed by atoms with Crippen LogP contribution in [0.25, 0.3) is 11.4 Å². The maximum absolute atomic E-state index is 12.5. The van der Waals surface area contributed by atoms with Crippen molar-refractivity contribution >= 4 is 10.0 Å². The van der Waals surface area contributed by atoms with Crippen molar-refractivity contribution in [3.63, 3.8) is 0 Å². The minimum absolute atomic E-state index is 0.00810. The summed E-state index contributed by atoms with van der Waals surface area (Å²) in [5, 5.41) is 3.31. The molecule has 2 aromatic rings. The topological polar surface area (TPSA) is 76.3 Å². The Hall–Kier alpha value is -1.94. The second-order valence-corrected chi connectivity index (χ2v) is 7.61. The molecule has 0 unspecified atom stereocenters. The fourth-order valence-electron chi connectivity index (χ4n) is 2.17. The van der Waals surface area contributed by atoms with E-state index in [2.05, 4.69) is 14.7 Å². The summed E-state index contributed by atoms with van der Waals surface area (Å²) in [5.41, 5.74) is 1.07. The molecule has 0 fully saturated rings. The van der Waals surface area contributed by atoms with Crippen molar-refractivity contribution in [2.24, 2.45) is 0 Å². The molecule has 0 spiro atoms. The van der Waals surface area contributed by atoms with Crippen LogP contribution in [0.5, 0.6) is 0 Å². The summed E-state index contributed by atoms with van der Waals surface area (Å²) in [6.45, 7) is 4.06. The molecular formula is C15H18F3N3O3S. The lowest BCUT2D eigenvalue weighted by molar-refractivity contribution is -0.159. The molecule has 25 heavy (non-hydrogen) atoms. The Labute approximate surface area is 143 Å². The van der Waals surface area contributed by atoms with Gasteiger partial charge in [0, 0.05) is 18.7 Å². The highest BCUT2D eigenvalue weighted by Gasteiger charge is 2.38. The number of hydrogen-bond acceptors (Lipinski definition) is 5. The average Bonchev–Trinajstić information content (AvgIpc) is 3.05. The predicted molar refractivity (Wildman–Crippen MR) is 84.9 cm³/mol. The highest BCUT2D eigenvalue weighted by atomic mass is 32.2. The summed E-state index contributed by atoms with van der Waals surface area (Å²) < 4.78 is 67.2. The number of hydrogen-bond donors (Lipinski definition) is 0. The summed E-state index contributed by atoms with van der Waals surface area (Å²) in [4.78, 5) is 3.32. The summed E-state index contributed by atoms with van der Waals surface area (Å²) >= 11 is 0. The summed E-state index contributed by atoms with van der Waals surface area (Å²) in [5.74, 6) is -1.58. The molecule has 10 heteroatoms. The smallest absolute Gasteiger partial charge is 0.329 e. The molecule has 1 heterocycles. The molecular weight excluding hydrogens is 359 g/mol. The van der Waals surface area contributed by atoms with Gasteiger partial charge in [-0.2, -0.15) is 22.5 Å². The van der Waals surface area contributed by atoms with Crippen LogP contribution in [0.4, 0.5) is 13.2 Å². The van der Waals surface area contributed by atoms with Crippen LogP contribution in [-0.4, -0.2) is 35.2 Å². The van der Waals surface area contributed by atoms with Crippen molar-refractivity contribution in [3.8, 4) is 11.4 Å². The van der Waals surface area contributed by atoms with Crippen LogP contribution < -0.4 is 0 Å². The molecule has 0 saturated carbocycles. The third-order valence-electron chi connectivity index (χ3n) is 3.47. The summed E-state index contributed by atoms with van der Waals surface area (Å²) in [6.07, 6.45) is -4.01. The van der Waals surface area contributed by atoms with E-state index >= 15 is 0 Å². The average molecular weight is 377 g/mol. The standard InChI is InChI=1S/C15H18F3N3O3S/c1-3-9-21(25(22,23)4-2)10-11-5-7-12(8-6-11)13-19-14(24-20-13)15(16,17)18/h5-8H,3-4,9-10H2,1-2H3. The molecule has 0 saturated heterocycles. The van der Waals surface area contributed by atoms with E-state index in [1.807, 2.05) is 6.92 Å². The van der Waals surface area contributed by atoms with Crippen LogP contribution in [0, 0.1) is 0 Å². The molecule has 0 atom stereocenters. The van der Waals surface area contributed by atoms with E-state index < -0.39 is 22.1 Å². The van der Waals surface area contributed by atoms with Crippen molar-refractivity contribution in [1.29, 1.82) is 0 Å². The molecule has 1 aromatic heterocycles. The lowest BCUT2D eigenvalue weighted by atomic mass is 10.1. The fourth-order valence-corrected chi connectivity index (χ4v) is 3.34. The molecule has 0 aliphatic carbocycles. The number of benzene rings is 1. The van der Waals surface area contributed by atoms with Gasteiger partial charge in [0.15, 0.2) is 0 Å². The van der Waals surface area contributed by atoms with Crippen LogP contribution in [0.1, 0.15) is 31.7 Å². The Bertz CT molecular complexity index is 801. The second-order valence-electron chi connectivity index (χ2n) is 5.35. The molecule has 0 N–H and O–H groups in total. The van der Waals surface area contributed by atoms with Crippen LogP contribution in [0.15, 0.2) is 28.8 Å². The maximum atomic E-state index is 12.5. The van der Waals surface area contributed by atoms with Gasteiger partial charge in [0.2, 0.25) is 15.8 Å². The first-order valence-corrected chi connectivity index (χ1v) is 9.26. The van der Waals surface area contributed by atoms with Crippen molar-refractivity contribution < 1.29 is 26.1 Å². The minimum atomic E-state index is -4.69. The Morgan fingerprint density at radius 3 is 2.28 bits per heavy atom. The fraction of sp³-hybridized carbons (Fsp3) is 0.467. The molecule has 2 rings (SSSR count). The Morgan fingerprint density at radius 2 is 1.80 bits per heavy atom. The Kier molecular flexibility index (Phi) is 5.83. The van der Waals surface area contributed by atoms with Crippen LogP contribution in [0.2, 0.25) is 0 Å². The first-order valence-electron chi connectivity index (χ1n) is 7.65. The van der Waals surface area contributed by atoms with E-state index in [0.717, 1.165) is 0 Å². The molecule has 1 aromatic carbocycles. The third-order valence-corrected chi connectivity index (χ3v) is 5.30. The third kappa shape index (κ3) is 4.79. The normalized spacial score (nSPS) is 12.7. The van der Waals surface area contributed by atoms with Crippen molar-refractivity contribution in [2.45, 2.75) is 33.0 Å². The van der Waals surface area contributed by atoms with Gasteiger partial charge in [-0.1, -0.05) is 36.3 Å². The molecule has 138 valence electrons. The number of halogens is 3. The zero-order valence-electron chi connectivity index (χ0n) is 13.7. The number of rotatable bonds is 7. The van der Waals surface area contributed by atoms with Crippen molar-refractivity contribution in [1.82, 2.24) is 14.4 Å². The molecule has 0 amide bonds. The summed E-state index contributed by atoms with van der Waals surface area (Å²) in [6, 6.07) is 6.33. The minimum Gasteiger partial charge on any atom is -0.329 e. The Balaban J connectivity index is 2.18. The number of nitrogens with zero attached hydrogens (tertiary/aromatic N) is 3. The van der Waals surface area contributed by atoms with E-state index in [1.165, 1.54) is 16.4 Å². The van der Waals surface area contributed by atoms with E-state index in [4.69, 9.17) is 0 Å². The van der Waals surface area contributed by atoms with Gasteiger partial charge in [-0.15, -0.1) is 0 Å². The molecule has 6 nitrogen and oxygen atoms in total. The molecule has 0 radical (unpaired) electrons. The largest absolute Gasteiger partial charge is 0.471 e. The van der Waals surface area contributed by atoms with E-state index in [1.54, 1.807) is 19.1 Å². The number of alkyl halides is 3. The van der Waals surface area contributed by atoms with E-state index in [9.17, 15) is 21.6 Å². The van der Waals surface area contributed by atoms with Crippen molar-refractivity contribution in [2.75, 3.05) is 12.3 Å². The van der Waals surface area contributed by atoms with Gasteiger partial charge in [0.1, 0.15) is 0 Å². The quantitative estimate of drug-likeness (QED) is 0.740. The van der Waals surface area contributed by atoms with Gasteiger partial charge in [-0.3, -0.25) is 0 Å². The van der Waals surface area contributed by atoms with Crippen LogP contribution >= 0.6 is 0 Å². The van der Waals surface area contributed by atoms with E-state index in [0.29, 0.717) is 24.1 Å². The highest BCUT2D eigenvalue weighted by Crippen LogP contribution is 2.29. The molecule has 0 aliphatic heterocycles. The number of aromatic nitrogens is 2. The first-order chi connectivity index (χ1) is 11.7. The SMILES string of the molecule is CCCN(Cc1ccc(-c2noc(C(F)(F)F)n2)cc1)S(=O)(=O)CC. The van der Waals surface area contributed by atoms with Gasteiger partial charge in [-0.25, -0.2) is 8.42 Å². The van der Waals surface area contributed by atoms with Gasteiger partial charge < -0.3 is 4.52 Å². The van der Waals surface area contributed by atoms with E-state index in [-0.39, 0.29) is 18.1 Å². The molecule has 0 bridgehead atoms. The lowest BCUT2D eigenvalue weighted by Crippen LogP contribution is -2.32. The maximum Gasteiger partial charge on any atom is 0.471 e. The lowest BCUT2D eigenvalue weighted by Gasteiger charge is -2.20. The van der Waals surface area contributed by atoms with Crippen molar-refractivity contribution in [3.05, 3.63) is 35.7 Å². The summed E-state index contributed by atoms with van der Waals surface area (Å²) in [7, 11) is -3.33. The number of sulfonamides is 1. The predicted octanol–water partition coefficient (Wildman–Crippen LogP) is 3.32. The zero-order chi connectivity index (χ0) is 18.7. The molecule has 0 aliphatic rings. The van der Waals surface area contributed by atoms with Crippen LogP contribution in [0.3, 0.4) is 0 Å². The van der Waals surface area contributed by atoms with Crippen LogP contribution in [-0.2, 0) is 22.7 Å².